The number of pyridine rings is 1. The molecule has 0 fully saturated rings. The molecule has 0 aliphatic rings. The maximum Gasteiger partial charge on any atom is 0.417 e. The van der Waals surface area contributed by atoms with Gasteiger partial charge < -0.3 is 10.4 Å². The van der Waals surface area contributed by atoms with Gasteiger partial charge in [-0.25, -0.2) is 19.3 Å². The fourth-order valence-corrected chi connectivity index (χ4v) is 4.12. The summed E-state index contributed by atoms with van der Waals surface area (Å²) in [5, 5.41) is 13.0. The Morgan fingerprint density at radius 2 is 1.67 bits per heavy atom. The Morgan fingerprint density at radius 1 is 0.974 bits per heavy atom. The van der Waals surface area contributed by atoms with Crippen LogP contribution in [-0.2, 0) is 11.8 Å². The van der Waals surface area contributed by atoms with Crippen LogP contribution in [0.25, 0.3) is 28.3 Å². The lowest BCUT2D eigenvalue weighted by atomic mass is 10.00. The van der Waals surface area contributed by atoms with E-state index in [2.05, 4.69) is 20.3 Å². The molecule has 0 aliphatic heterocycles. The van der Waals surface area contributed by atoms with Crippen molar-refractivity contribution in [1.82, 2.24) is 19.4 Å². The lowest BCUT2D eigenvalue weighted by Crippen LogP contribution is -2.18. The van der Waals surface area contributed by atoms with Crippen LogP contribution in [0.15, 0.2) is 79.3 Å². The Hall–Kier alpha value is -4.64. The van der Waals surface area contributed by atoms with Gasteiger partial charge in [0.05, 0.1) is 16.7 Å². The topological polar surface area (TPSA) is 92.4 Å². The van der Waals surface area contributed by atoms with Gasteiger partial charge in [0, 0.05) is 29.7 Å². The number of fused-ring (bicyclic) bond motifs is 1. The summed E-state index contributed by atoms with van der Waals surface area (Å²) in [6, 6.07) is 14.6. The molecule has 3 aromatic heterocycles. The summed E-state index contributed by atoms with van der Waals surface area (Å²) in [6.07, 6.45) is -0.828. The van der Waals surface area contributed by atoms with Gasteiger partial charge >= 0.3 is 6.18 Å². The van der Waals surface area contributed by atoms with E-state index in [1.54, 1.807) is 66.9 Å². The number of aliphatic hydroxyl groups is 1. The van der Waals surface area contributed by atoms with Crippen LogP contribution in [0.2, 0.25) is 0 Å². The minimum absolute atomic E-state index is 0.167. The number of hydrogen-bond donors (Lipinski definition) is 2. The normalized spacial score (nSPS) is 12.1. The van der Waals surface area contributed by atoms with Gasteiger partial charge in [-0.2, -0.15) is 13.2 Å². The summed E-state index contributed by atoms with van der Waals surface area (Å²) >= 11 is 0. The number of imidazole rings is 1. The zero-order valence-corrected chi connectivity index (χ0v) is 20.7. The molecule has 39 heavy (non-hydrogen) atoms. The number of hydrogen-bond acceptors (Lipinski definition) is 5. The van der Waals surface area contributed by atoms with Gasteiger partial charge in [0.15, 0.2) is 5.82 Å². The SMILES string of the molecule is CC(C)(O)c1ccn2c(NC(=O)c3cc(-c4ncccn4)c(C(F)(F)F)cc3F)c(-c3ccccc3)nc2c1. The zero-order valence-electron chi connectivity index (χ0n) is 20.7. The molecule has 1 amide bonds. The summed E-state index contributed by atoms with van der Waals surface area (Å²) in [7, 11) is 0. The van der Waals surface area contributed by atoms with Crippen molar-refractivity contribution in [3.05, 3.63) is 102 Å². The molecule has 0 unspecified atom stereocenters. The van der Waals surface area contributed by atoms with Crippen molar-refractivity contribution in [3.8, 4) is 22.6 Å². The molecular weight excluding hydrogens is 514 g/mol. The van der Waals surface area contributed by atoms with E-state index in [0.29, 0.717) is 22.5 Å². The van der Waals surface area contributed by atoms with E-state index < -0.39 is 40.2 Å². The molecule has 5 aromatic rings. The van der Waals surface area contributed by atoms with Gasteiger partial charge in [-0.1, -0.05) is 30.3 Å². The maximum atomic E-state index is 15.0. The molecule has 0 saturated heterocycles. The third-order valence-electron chi connectivity index (χ3n) is 6.08. The van der Waals surface area contributed by atoms with Crippen LogP contribution >= 0.6 is 0 Å². The van der Waals surface area contributed by atoms with Crippen LogP contribution in [0, 0.1) is 5.82 Å². The molecule has 0 spiro atoms. The number of nitrogens with zero attached hydrogens (tertiary/aromatic N) is 4. The number of carbonyl (C=O) groups is 1. The van der Waals surface area contributed by atoms with Gasteiger partial charge in [0.2, 0.25) is 0 Å². The van der Waals surface area contributed by atoms with Crippen LogP contribution < -0.4 is 5.32 Å². The predicted molar refractivity (Wildman–Crippen MR) is 136 cm³/mol. The van der Waals surface area contributed by atoms with Crippen LogP contribution in [0.4, 0.5) is 23.4 Å². The minimum atomic E-state index is -4.91. The van der Waals surface area contributed by atoms with E-state index in [4.69, 9.17) is 0 Å². The second-order valence-electron chi connectivity index (χ2n) is 9.28. The molecule has 0 bridgehead atoms. The number of aromatic nitrogens is 4. The van der Waals surface area contributed by atoms with Gasteiger partial charge in [-0.3, -0.25) is 9.20 Å². The fraction of sp³-hybridized carbons (Fsp3) is 0.143. The highest BCUT2D eigenvalue weighted by Gasteiger charge is 2.36. The third-order valence-corrected chi connectivity index (χ3v) is 6.08. The quantitative estimate of drug-likeness (QED) is 0.266. The number of benzene rings is 2. The molecule has 0 atom stereocenters. The van der Waals surface area contributed by atoms with E-state index in [1.165, 1.54) is 18.5 Å². The van der Waals surface area contributed by atoms with E-state index in [9.17, 15) is 23.1 Å². The average molecular weight is 536 g/mol. The second kappa shape index (κ2) is 9.59. The number of alkyl halides is 3. The number of nitrogens with one attached hydrogen (secondary N) is 1. The van der Waals surface area contributed by atoms with E-state index in [1.807, 2.05) is 0 Å². The van der Waals surface area contributed by atoms with Crippen molar-refractivity contribution < 1.29 is 27.5 Å². The Morgan fingerprint density at radius 3 is 2.31 bits per heavy atom. The zero-order chi connectivity index (χ0) is 27.9. The largest absolute Gasteiger partial charge is 0.417 e. The number of amides is 1. The molecule has 7 nitrogen and oxygen atoms in total. The standard InChI is InChI=1S/C28H21F4N5O2/c1-27(2,39)17-9-12-37-22(13-17)35-23(16-7-4-3-5-8-16)25(37)36-26(38)19-14-18(24-33-10-6-11-34-24)20(15-21(19)29)28(30,31)32/h3-15,39H,1-2H3,(H,36,38). The van der Waals surface area contributed by atoms with Gasteiger partial charge in [-0.15, -0.1) is 0 Å². The summed E-state index contributed by atoms with van der Waals surface area (Å²) in [6.45, 7) is 3.23. The Kier molecular flexibility index (Phi) is 6.39. The molecule has 0 saturated carbocycles. The van der Waals surface area contributed by atoms with Gasteiger partial charge in [0.25, 0.3) is 5.91 Å². The van der Waals surface area contributed by atoms with E-state index in [-0.39, 0.29) is 17.7 Å². The molecule has 198 valence electrons. The van der Waals surface area contributed by atoms with Crippen molar-refractivity contribution in [1.29, 1.82) is 0 Å². The average Bonchev–Trinajstić information content (AvgIpc) is 3.26. The Labute approximate surface area is 219 Å². The highest BCUT2D eigenvalue weighted by molar-refractivity contribution is 6.06. The molecular formula is C28H21F4N5O2. The van der Waals surface area contributed by atoms with Crippen molar-refractivity contribution in [3.63, 3.8) is 0 Å². The summed E-state index contributed by atoms with van der Waals surface area (Å²) in [5.41, 5.74) is -1.71. The van der Waals surface area contributed by atoms with Crippen molar-refractivity contribution in [2.24, 2.45) is 0 Å². The van der Waals surface area contributed by atoms with Crippen LogP contribution in [0.1, 0.15) is 35.3 Å². The van der Waals surface area contributed by atoms with Crippen LogP contribution in [0.3, 0.4) is 0 Å². The Bertz CT molecular complexity index is 1680. The van der Waals surface area contributed by atoms with Gasteiger partial charge in [-0.05, 0) is 49.7 Å². The maximum absolute atomic E-state index is 15.0. The van der Waals surface area contributed by atoms with Crippen molar-refractivity contribution in [2.75, 3.05) is 5.32 Å². The van der Waals surface area contributed by atoms with Crippen molar-refractivity contribution >= 4 is 17.4 Å². The number of carbonyl (C=O) groups excluding carboxylic acids is 1. The molecule has 0 aliphatic carbocycles. The lowest BCUT2D eigenvalue weighted by molar-refractivity contribution is -0.137. The van der Waals surface area contributed by atoms with Crippen LogP contribution in [0.5, 0.6) is 0 Å². The highest BCUT2D eigenvalue weighted by Crippen LogP contribution is 2.38. The Balaban J connectivity index is 1.64. The molecule has 2 aromatic carbocycles. The first-order chi connectivity index (χ1) is 18.4. The highest BCUT2D eigenvalue weighted by atomic mass is 19.4. The smallest absolute Gasteiger partial charge is 0.386 e. The third kappa shape index (κ3) is 5.08. The van der Waals surface area contributed by atoms with Crippen molar-refractivity contribution in [2.45, 2.75) is 25.6 Å². The summed E-state index contributed by atoms with van der Waals surface area (Å²) < 4.78 is 57.8. The fourth-order valence-electron chi connectivity index (χ4n) is 4.12. The molecule has 11 heteroatoms. The second-order valence-corrected chi connectivity index (χ2v) is 9.28. The lowest BCUT2D eigenvalue weighted by Gasteiger charge is -2.18. The monoisotopic (exact) mass is 535 g/mol. The van der Waals surface area contributed by atoms with E-state index >= 15 is 4.39 Å². The first-order valence-electron chi connectivity index (χ1n) is 11.7. The first kappa shape index (κ1) is 26.0. The summed E-state index contributed by atoms with van der Waals surface area (Å²) in [4.78, 5) is 25.7. The van der Waals surface area contributed by atoms with Gasteiger partial charge in [0.1, 0.15) is 23.0 Å². The van der Waals surface area contributed by atoms with E-state index in [0.717, 1.165) is 6.07 Å². The molecule has 5 rings (SSSR count). The van der Waals surface area contributed by atoms with Crippen LogP contribution in [-0.4, -0.2) is 30.4 Å². The molecule has 2 N–H and O–H groups in total. The molecule has 0 radical (unpaired) electrons. The minimum Gasteiger partial charge on any atom is -0.386 e. The number of halogens is 4. The summed E-state index contributed by atoms with van der Waals surface area (Å²) in [5.74, 6) is -2.50. The molecule has 3 heterocycles. The number of rotatable bonds is 5. The first-order valence-corrected chi connectivity index (χ1v) is 11.7. The predicted octanol–water partition coefficient (Wildman–Crippen LogP) is 6.10. The number of anilines is 1.